The molecular weight excluding hydrogens is 399 g/mol. The smallest absolute Gasteiger partial charge is 0.247 e. The van der Waals surface area contributed by atoms with E-state index in [2.05, 4.69) is 15.3 Å². The second-order valence-corrected chi connectivity index (χ2v) is 8.91. The topological polar surface area (TPSA) is 36.8 Å². The van der Waals surface area contributed by atoms with Crippen molar-refractivity contribution in [3.05, 3.63) is 35.4 Å². The third-order valence-electron chi connectivity index (χ3n) is 2.91. The lowest BCUT2D eigenvalue weighted by molar-refractivity contribution is 0.472. The monoisotopic (exact) mass is 405 g/mol. The van der Waals surface area contributed by atoms with Crippen LogP contribution in [0.25, 0.3) is 0 Å². The number of benzene rings is 1. The van der Waals surface area contributed by atoms with Gasteiger partial charge in [-0.25, -0.2) is 9.98 Å². The Labute approximate surface area is 152 Å². The van der Waals surface area contributed by atoms with Gasteiger partial charge in [-0.1, -0.05) is 93.9 Å². The summed E-state index contributed by atoms with van der Waals surface area (Å²) in [6, 6.07) is 7.27. The molecule has 0 aliphatic carbocycles. The molecule has 1 unspecified atom stereocenters. The fourth-order valence-corrected chi connectivity index (χ4v) is 2.81. The van der Waals surface area contributed by atoms with Crippen LogP contribution in [0, 0.1) is 6.92 Å². The van der Waals surface area contributed by atoms with Gasteiger partial charge in [-0.15, -0.1) is 0 Å². The summed E-state index contributed by atoms with van der Waals surface area (Å²) in [5, 5.41) is 2.66. The number of nitrogens with one attached hydrogen (secondary N) is 1. The molecular formula is C12H9Cl6N3. The fourth-order valence-electron chi connectivity index (χ4n) is 1.94. The van der Waals surface area contributed by atoms with E-state index in [9.17, 15) is 0 Å². The molecule has 2 rings (SSSR count). The Morgan fingerprint density at radius 1 is 1.05 bits per heavy atom. The molecule has 0 bridgehead atoms. The van der Waals surface area contributed by atoms with E-state index in [1.54, 1.807) is 12.1 Å². The van der Waals surface area contributed by atoms with E-state index in [0.717, 1.165) is 5.56 Å². The first-order valence-corrected chi connectivity index (χ1v) is 7.95. The third kappa shape index (κ3) is 3.39. The number of hydrogen-bond donors (Lipinski definition) is 1. The van der Waals surface area contributed by atoms with Gasteiger partial charge in [0.05, 0.1) is 6.34 Å². The number of hydrogen-bond acceptors (Lipinski definition) is 3. The van der Waals surface area contributed by atoms with Gasteiger partial charge in [0.1, 0.15) is 0 Å². The average Bonchev–Trinajstić information content (AvgIpc) is 2.37. The zero-order chi connectivity index (χ0) is 15.9. The standard InChI is InChI=1S/C12H9Cl6N3/c1-7-4-2-3-5-8(7)10(12(16,17)18)20-6-19-9(21-10)11(13,14)15/h2-6H,1H3,(H,19,20,21). The van der Waals surface area contributed by atoms with E-state index in [0.29, 0.717) is 5.56 Å². The van der Waals surface area contributed by atoms with Crippen LogP contribution in [0.3, 0.4) is 0 Å². The molecule has 1 atom stereocenters. The number of alkyl halides is 6. The molecule has 1 aromatic rings. The first-order chi connectivity index (χ1) is 9.58. The summed E-state index contributed by atoms with van der Waals surface area (Å²) < 4.78 is -3.67. The second-order valence-electron chi connectivity index (χ2n) is 4.35. The van der Waals surface area contributed by atoms with Crippen molar-refractivity contribution in [2.45, 2.75) is 20.2 Å². The van der Waals surface area contributed by atoms with Gasteiger partial charge in [-0.05, 0) is 12.5 Å². The van der Waals surface area contributed by atoms with E-state index < -0.39 is 13.2 Å². The molecule has 0 spiro atoms. The molecule has 3 nitrogen and oxygen atoms in total. The summed E-state index contributed by atoms with van der Waals surface area (Å²) in [6.45, 7) is 1.86. The highest BCUT2D eigenvalue weighted by atomic mass is 35.6. The summed E-state index contributed by atoms with van der Waals surface area (Å²) in [7, 11) is 0. The van der Waals surface area contributed by atoms with Gasteiger partial charge in [0.25, 0.3) is 0 Å². The van der Waals surface area contributed by atoms with Gasteiger partial charge in [0, 0.05) is 5.56 Å². The van der Waals surface area contributed by atoms with Crippen LogP contribution < -0.4 is 5.32 Å². The average molecular weight is 408 g/mol. The predicted octanol–water partition coefficient (Wildman–Crippen LogP) is 4.92. The maximum absolute atomic E-state index is 6.14. The van der Waals surface area contributed by atoms with Crippen LogP contribution in [0.5, 0.6) is 0 Å². The highest BCUT2D eigenvalue weighted by Crippen LogP contribution is 2.51. The maximum atomic E-state index is 6.14. The Bertz CT molecular complexity index is 602. The summed E-state index contributed by atoms with van der Waals surface area (Å²) >= 11 is 36.0. The third-order valence-corrected chi connectivity index (χ3v) is 4.24. The summed E-state index contributed by atoms with van der Waals surface area (Å²) in [5.74, 6) is 0.0251. The van der Waals surface area contributed by atoms with Gasteiger partial charge in [-0.2, -0.15) is 0 Å². The zero-order valence-corrected chi connectivity index (χ0v) is 15.1. The van der Waals surface area contributed by atoms with Gasteiger partial charge >= 0.3 is 0 Å². The molecule has 0 aromatic heterocycles. The fraction of sp³-hybridized carbons (Fsp3) is 0.333. The Hall–Kier alpha value is 0.1000. The first kappa shape index (κ1) is 17.5. The van der Waals surface area contributed by atoms with Crippen LogP contribution >= 0.6 is 69.6 Å². The number of amidine groups is 1. The summed E-state index contributed by atoms with van der Waals surface area (Å²) in [5.41, 5.74) is -0.0853. The van der Waals surface area contributed by atoms with Crippen LogP contribution in [0.4, 0.5) is 0 Å². The lowest BCUT2D eigenvalue weighted by atomic mass is 9.96. The summed E-state index contributed by atoms with van der Waals surface area (Å²) in [6.07, 6.45) is 1.30. The molecule has 1 aliphatic heterocycles. The normalized spacial score (nSPS) is 22.7. The van der Waals surface area contributed by atoms with Crippen molar-refractivity contribution in [3.8, 4) is 0 Å². The van der Waals surface area contributed by atoms with Crippen LogP contribution in [0.2, 0.25) is 0 Å². The lowest BCUT2D eigenvalue weighted by Crippen LogP contribution is -2.47. The minimum atomic E-state index is -1.88. The Morgan fingerprint density at radius 2 is 1.67 bits per heavy atom. The van der Waals surface area contributed by atoms with Gasteiger partial charge in [0.2, 0.25) is 13.2 Å². The van der Waals surface area contributed by atoms with Crippen molar-refractivity contribution in [3.63, 3.8) is 0 Å². The Balaban J connectivity index is 2.71. The van der Waals surface area contributed by atoms with Crippen LogP contribution in [-0.4, -0.2) is 19.8 Å². The largest absolute Gasteiger partial charge is 0.331 e. The highest BCUT2D eigenvalue weighted by molar-refractivity contribution is 6.77. The minimum absolute atomic E-state index is 0.0251. The highest BCUT2D eigenvalue weighted by Gasteiger charge is 2.53. The molecule has 1 heterocycles. The number of aryl methyl sites for hydroxylation is 1. The molecule has 1 N–H and O–H groups in total. The van der Waals surface area contributed by atoms with Gasteiger partial charge in [0.15, 0.2) is 5.84 Å². The van der Waals surface area contributed by atoms with Gasteiger partial charge in [-0.3, -0.25) is 0 Å². The molecule has 0 saturated carbocycles. The van der Waals surface area contributed by atoms with Crippen LogP contribution in [-0.2, 0) is 5.66 Å². The maximum Gasteiger partial charge on any atom is 0.247 e. The lowest BCUT2D eigenvalue weighted by Gasteiger charge is -2.37. The van der Waals surface area contributed by atoms with Crippen molar-refractivity contribution in [2.75, 3.05) is 0 Å². The Kier molecular flexibility index (Phi) is 4.95. The number of rotatable bonds is 1. The molecule has 114 valence electrons. The van der Waals surface area contributed by atoms with E-state index in [4.69, 9.17) is 69.6 Å². The number of aliphatic imine (C=N–C) groups is 2. The van der Waals surface area contributed by atoms with Crippen molar-refractivity contribution in [1.29, 1.82) is 0 Å². The molecule has 0 fully saturated rings. The van der Waals surface area contributed by atoms with E-state index in [-0.39, 0.29) is 5.84 Å². The van der Waals surface area contributed by atoms with Crippen LogP contribution in [0.15, 0.2) is 34.3 Å². The molecule has 0 radical (unpaired) electrons. The van der Waals surface area contributed by atoms with E-state index >= 15 is 0 Å². The Morgan fingerprint density at radius 3 is 2.19 bits per heavy atom. The predicted molar refractivity (Wildman–Crippen MR) is 92.5 cm³/mol. The van der Waals surface area contributed by atoms with Crippen LogP contribution in [0.1, 0.15) is 11.1 Å². The van der Waals surface area contributed by atoms with E-state index in [1.165, 1.54) is 6.34 Å². The first-order valence-electron chi connectivity index (χ1n) is 5.68. The van der Waals surface area contributed by atoms with Gasteiger partial charge < -0.3 is 5.32 Å². The van der Waals surface area contributed by atoms with Crippen molar-refractivity contribution in [2.24, 2.45) is 9.98 Å². The molecule has 1 aliphatic rings. The van der Waals surface area contributed by atoms with Crippen molar-refractivity contribution >= 4 is 81.8 Å². The molecule has 9 heteroatoms. The molecule has 21 heavy (non-hydrogen) atoms. The zero-order valence-electron chi connectivity index (χ0n) is 10.5. The van der Waals surface area contributed by atoms with E-state index in [1.807, 2.05) is 19.1 Å². The number of nitrogens with zero attached hydrogens (tertiary/aromatic N) is 2. The quantitative estimate of drug-likeness (QED) is 0.659. The summed E-state index contributed by atoms with van der Waals surface area (Å²) in [4.78, 5) is 8.53. The number of halogens is 6. The molecule has 1 aromatic carbocycles. The second kappa shape index (κ2) is 5.95. The van der Waals surface area contributed by atoms with Crippen molar-refractivity contribution < 1.29 is 0 Å². The minimum Gasteiger partial charge on any atom is -0.331 e. The SMILES string of the molecule is Cc1ccccc1C1(C(Cl)(Cl)Cl)N=CNC(C(Cl)(Cl)Cl)=N1. The molecule has 0 amide bonds. The molecule has 0 saturated heterocycles. The van der Waals surface area contributed by atoms with Crippen molar-refractivity contribution in [1.82, 2.24) is 5.32 Å².